The molecule has 0 bridgehead atoms. The molecule has 6 N–H and O–H groups in total. The Hall–Kier alpha value is -4.08. The normalized spacial score (nSPS) is 17.5. The van der Waals surface area contributed by atoms with Crippen LogP contribution in [0.2, 0.25) is 0 Å². The van der Waals surface area contributed by atoms with E-state index in [0.29, 0.717) is 36.8 Å². The van der Waals surface area contributed by atoms with Crippen LogP contribution in [0.25, 0.3) is 0 Å². The van der Waals surface area contributed by atoms with Crippen LogP contribution in [0.3, 0.4) is 0 Å². The zero-order valence-corrected chi connectivity index (χ0v) is 24.9. The van der Waals surface area contributed by atoms with Gasteiger partial charge in [0.15, 0.2) is 0 Å². The molecular formula is C29H42N4O11. The van der Waals surface area contributed by atoms with E-state index in [2.05, 4.69) is 5.32 Å². The number of nitrogens with one attached hydrogen (secondary N) is 1. The van der Waals surface area contributed by atoms with Gasteiger partial charge in [-0.15, -0.1) is 0 Å². The molecule has 1 aliphatic rings. The maximum Gasteiger partial charge on any atom is 0.317 e. The summed E-state index contributed by atoms with van der Waals surface area (Å²) in [7, 11) is 0. The summed E-state index contributed by atoms with van der Waals surface area (Å²) in [6.45, 7) is 0.580. The molecular weight excluding hydrogens is 580 g/mol. The van der Waals surface area contributed by atoms with Gasteiger partial charge in [0, 0.05) is 36.3 Å². The SMILES string of the molecule is CC(C)NC(=O)c1ccc(CC(CN(CC(=O)O)C2CCCCC2N(CC(=O)O)CC(=O)O)N(CC(=O)O)CC(=O)O)cc1. The van der Waals surface area contributed by atoms with Gasteiger partial charge in [-0.05, 0) is 50.8 Å². The lowest BCUT2D eigenvalue weighted by molar-refractivity contribution is -0.146. The Morgan fingerprint density at radius 1 is 0.705 bits per heavy atom. The second kappa shape index (κ2) is 17.3. The van der Waals surface area contributed by atoms with Crippen molar-refractivity contribution in [3.63, 3.8) is 0 Å². The van der Waals surface area contributed by atoms with E-state index in [-0.39, 0.29) is 24.9 Å². The second-order valence-electron chi connectivity index (χ2n) is 11.3. The van der Waals surface area contributed by atoms with Gasteiger partial charge in [-0.25, -0.2) is 0 Å². The quantitative estimate of drug-likeness (QED) is 0.123. The molecule has 1 saturated carbocycles. The highest BCUT2D eigenvalue weighted by Crippen LogP contribution is 2.28. The van der Waals surface area contributed by atoms with Crippen LogP contribution in [-0.4, -0.2) is 139 Å². The Labute approximate surface area is 255 Å². The third-order valence-electron chi connectivity index (χ3n) is 7.39. The minimum Gasteiger partial charge on any atom is -0.480 e. The van der Waals surface area contributed by atoms with Crippen LogP contribution in [0.4, 0.5) is 0 Å². The summed E-state index contributed by atoms with van der Waals surface area (Å²) < 4.78 is 0. The van der Waals surface area contributed by atoms with E-state index in [4.69, 9.17) is 0 Å². The van der Waals surface area contributed by atoms with E-state index in [9.17, 15) is 54.3 Å². The van der Waals surface area contributed by atoms with Gasteiger partial charge < -0.3 is 30.8 Å². The molecule has 1 amide bonds. The fourth-order valence-corrected chi connectivity index (χ4v) is 5.72. The molecule has 15 nitrogen and oxygen atoms in total. The van der Waals surface area contributed by atoms with Gasteiger partial charge in [-0.1, -0.05) is 25.0 Å². The van der Waals surface area contributed by atoms with Gasteiger partial charge >= 0.3 is 29.8 Å². The van der Waals surface area contributed by atoms with Gasteiger partial charge in [-0.2, -0.15) is 0 Å². The van der Waals surface area contributed by atoms with Gasteiger partial charge in [0.25, 0.3) is 5.91 Å². The zero-order chi connectivity index (χ0) is 33.0. The van der Waals surface area contributed by atoms with Gasteiger partial charge in [0.2, 0.25) is 0 Å². The Balaban J connectivity index is 2.50. The van der Waals surface area contributed by atoms with E-state index in [1.54, 1.807) is 29.2 Å². The van der Waals surface area contributed by atoms with Crippen molar-refractivity contribution in [2.24, 2.45) is 0 Å². The Kier molecular flexibility index (Phi) is 14.2. The summed E-state index contributed by atoms with van der Waals surface area (Å²) >= 11 is 0. The standard InChI is InChI=1S/C29H42N4O11/c1-18(2)30-29(44)20-9-7-19(8-10-20)11-21(31(13-24(34)35)14-25(36)37)12-32(15-26(38)39)22-5-3-4-6-23(22)33(16-27(40)41)17-28(42)43/h7-10,18,21-23H,3-6,11-17H2,1-2H3,(H,30,44)(H,34,35)(H,36,37)(H,38,39)(H,40,41)(H,42,43). The van der Waals surface area contributed by atoms with Crippen LogP contribution in [-0.2, 0) is 30.4 Å². The summed E-state index contributed by atoms with van der Waals surface area (Å²) in [6, 6.07) is 4.37. The molecule has 244 valence electrons. The molecule has 1 aliphatic carbocycles. The number of rotatable bonds is 19. The summed E-state index contributed by atoms with van der Waals surface area (Å²) in [4.78, 5) is 75.2. The highest BCUT2D eigenvalue weighted by atomic mass is 16.4. The summed E-state index contributed by atoms with van der Waals surface area (Å²) in [6.07, 6.45) is 2.29. The molecule has 0 radical (unpaired) electrons. The first-order valence-electron chi connectivity index (χ1n) is 14.4. The minimum atomic E-state index is -1.29. The van der Waals surface area contributed by atoms with Crippen molar-refractivity contribution in [1.82, 2.24) is 20.0 Å². The third kappa shape index (κ3) is 12.3. The molecule has 0 spiro atoms. The van der Waals surface area contributed by atoms with E-state index in [0.717, 1.165) is 0 Å². The number of carboxylic acid groups (broad SMARTS) is 5. The topological polar surface area (TPSA) is 225 Å². The Morgan fingerprint density at radius 2 is 1.14 bits per heavy atom. The zero-order valence-electron chi connectivity index (χ0n) is 24.9. The third-order valence-corrected chi connectivity index (χ3v) is 7.39. The maximum absolute atomic E-state index is 12.4. The molecule has 44 heavy (non-hydrogen) atoms. The second-order valence-corrected chi connectivity index (χ2v) is 11.3. The van der Waals surface area contributed by atoms with Crippen molar-refractivity contribution >= 4 is 35.8 Å². The number of nitrogens with zero attached hydrogens (tertiary/aromatic N) is 3. The smallest absolute Gasteiger partial charge is 0.317 e. The molecule has 3 unspecified atom stereocenters. The lowest BCUT2D eigenvalue weighted by atomic mass is 9.87. The molecule has 0 aromatic heterocycles. The van der Waals surface area contributed by atoms with E-state index >= 15 is 0 Å². The predicted octanol–water partition coefficient (Wildman–Crippen LogP) is 0.376. The van der Waals surface area contributed by atoms with Crippen LogP contribution in [0.1, 0.15) is 55.5 Å². The molecule has 0 aliphatic heterocycles. The first-order valence-corrected chi connectivity index (χ1v) is 14.4. The lowest BCUT2D eigenvalue weighted by Gasteiger charge is -2.45. The van der Waals surface area contributed by atoms with Crippen LogP contribution in [0.5, 0.6) is 0 Å². The molecule has 1 fully saturated rings. The Bertz CT molecular complexity index is 1140. The number of hydrogen-bond acceptors (Lipinski definition) is 9. The fourth-order valence-electron chi connectivity index (χ4n) is 5.72. The molecule has 15 heteroatoms. The molecule has 2 rings (SSSR count). The van der Waals surface area contributed by atoms with Crippen LogP contribution in [0, 0.1) is 0 Å². The molecule has 3 atom stereocenters. The van der Waals surface area contributed by atoms with Crippen molar-refractivity contribution in [3.05, 3.63) is 35.4 Å². The molecule has 0 heterocycles. The van der Waals surface area contributed by atoms with Crippen molar-refractivity contribution in [1.29, 1.82) is 0 Å². The molecule has 1 aromatic carbocycles. The number of carboxylic acids is 5. The maximum atomic E-state index is 12.4. The average Bonchev–Trinajstić information content (AvgIpc) is 2.90. The predicted molar refractivity (Wildman–Crippen MR) is 155 cm³/mol. The summed E-state index contributed by atoms with van der Waals surface area (Å²) in [5, 5.41) is 50.7. The van der Waals surface area contributed by atoms with Gasteiger partial charge in [0.05, 0.1) is 32.7 Å². The van der Waals surface area contributed by atoms with E-state index in [1.807, 2.05) is 13.8 Å². The van der Waals surface area contributed by atoms with Crippen LogP contribution in [0.15, 0.2) is 24.3 Å². The number of hydrogen-bond donors (Lipinski definition) is 6. The summed E-state index contributed by atoms with van der Waals surface area (Å²) in [5.41, 5.74) is 1.03. The number of carbonyl (C=O) groups excluding carboxylic acids is 1. The Morgan fingerprint density at radius 3 is 1.57 bits per heavy atom. The van der Waals surface area contributed by atoms with Crippen molar-refractivity contribution in [2.75, 3.05) is 39.3 Å². The highest BCUT2D eigenvalue weighted by Gasteiger charge is 2.38. The van der Waals surface area contributed by atoms with E-state index in [1.165, 1.54) is 9.80 Å². The first kappa shape index (κ1) is 36.1. The van der Waals surface area contributed by atoms with E-state index < -0.39 is 80.7 Å². The van der Waals surface area contributed by atoms with Crippen molar-refractivity contribution in [3.8, 4) is 0 Å². The fraction of sp³-hybridized carbons (Fsp3) is 0.586. The van der Waals surface area contributed by atoms with Crippen LogP contribution >= 0.6 is 0 Å². The highest BCUT2D eigenvalue weighted by molar-refractivity contribution is 5.94. The number of aliphatic carboxylic acids is 5. The lowest BCUT2D eigenvalue weighted by Crippen LogP contribution is -2.59. The van der Waals surface area contributed by atoms with Gasteiger partial charge in [-0.3, -0.25) is 43.5 Å². The molecule has 0 saturated heterocycles. The largest absolute Gasteiger partial charge is 0.480 e. The number of amides is 1. The monoisotopic (exact) mass is 622 g/mol. The summed E-state index contributed by atoms with van der Waals surface area (Å²) in [5.74, 6) is -6.54. The van der Waals surface area contributed by atoms with Crippen LogP contribution < -0.4 is 5.32 Å². The number of carbonyl (C=O) groups is 6. The average molecular weight is 623 g/mol. The van der Waals surface area contributed by atoms with Crippen molar-refractivity contribution in [2.45, 2.75) is 70.1 Å². The first-order chi connectivity index (χ1) is 20.7. The van der Waals surface area contributed by atoms with Gasteiger partial charge in [0.1, 0.15) is 0 Å². The van der Waals surface area contributed by atoms with Crippen molar-refractivity contribution < 1.29 is 54.3 Å². The molecule has 1 aromatic rings. The minimum absolute atomic E-state index is 0.0853. The number of benzene rings is 1.